The number of nitrogens with one attached hydrogen (secondary N) is 1. The second-order valence-electron chi connectivity index (χ2n) is 5.11. The third-order valence-corrected chi connectivity index (χ3v) is 2.95. The molecule has 2 heterocycles. The molecule has 0 aliphatic rings. The molecule has 2 aromatic heterocycles. The Kier molecular flexibility index (Phi) is 5.42. The van der Waals surface area contributed by atoms with Gasteiger partial charge in [-0.2, -0.15) is 10.4 Å². The summed E-state index contributed by atoms with van der Waals surface area (Å²) < 4.78 is 30.7. The Balaban J connectivity index is 2.15. The Labute approximate surface area is 136 Å². The van der Waals surface area contributed by atoms with Crippen molar-refractivity contribution in [3.05, 3.63) is 35.8 Å². The average Bonchev–Trinajstić information content (AvgIpc) is 2.96. The van der Waals surface area contributed by atoms with E-state index in [0.717, 1.165) is 0 Å². The van der Waals surface area contributed by atoms with Crippen molar-refractivity contribution in [1.29, 1.82) is 5.26 Å². The van der Waals surface area contributed by atoms with Crippen molar-refractivity contribution >= 4 is 11.7 Å². The van der Waals surface area contributed by atoms with Gasteiger partial charge in [0.25, 0.3) is 12.3 Å². The van der Waals surface area contributed by atoms with E-state index in [4.69, 9.17) is 10.00 Å². The molecule has 7 nitrogen and oxygen atoms in total. The van der Waals surface area contributed by atoms with E-state index in [1.807, 2.05) is 19.9 Å². The van der Waals surface area contributed by atoms with Crippen molar-refractivity contribution < 1.29 is 18.3 Å². The van der Waals surface area contributed by atoms with Gasteiger partial charge in [-0.25, -0.2) is 8.78 Å². The number of carbonyl (C=O) groups is 1. The fraction of sp³-hybridized carbons (Fsp3) is 0.333. The molecule has 0 radical (unpaired) electrons. The average molecular weight is 335 g/mol. The van der Waals surface area contributed by atoms with Crippen LogP contribution in [0.3, 0.4) is 0 Å². The van der Waals surface area contributed by atoms with E-state index in [-0.39, 0.29) is 28.9 Å². The molecule has 1 N–H and O–H groups in total. The van der Waals surface area contributed by atoms with Crippen LogP contribution < -0.4 is 10.1 Å². The minimum absolute atomic E-state index is 0.0203. The fourth-order valence-corrected chi connectivity index (χ4v) is 1.79. The van der Waals surface area contributed by atoms with Crippen LogP contribution in [0.1, 0.15) is 35.9 Å². The third-order valence-electron chi connectivity index (χ3n) is 2.95. The van der Waals surface area contributed by atoms with E-state index >= 15 is 0 Å². The van der Waals surface area contributed by atoms with Crippen LogP contribution in [-0.4, -0.2) is 33.7 Å². The van der Waals surface area contributed by atoms with Gasteiger partial charge in [0.1, 0.15) is 29.7 Å². The van der Waals surface area contributed by atoms with Crippen molar-refractivity contribution in [2.45, 2.75) is 26.3 Å². The summed E-state index contributed by atoms with van der Waals surface area (Å²) in [5.41, 5.74) is 0.173. The van der Waals surface area contributed by atoms with Crippen LogP contribution >= 0.6 is 0 Å². The molecule has 0 fully saturated rings. The molecule has 24 heavy (non-hydrogen) atoms. The predicted octanol–water partition coefficient (Wildman–Crippen LogP) is 2.63. The maximum atomic E-state index is 12.2. The zero-order chi connectivity index (χ0) is 17.7. The lowest BCUT2D eigenvalue weighted by molar-refractivity contribution is 0.0818. The summed E-state index contributed by atoms with van der Waals surface area (Å²) in [4.78, 5) is 16.1. The summed E-state index contributed by atoms with van der Waals surface area (Å²) in [6, 6.07) is 4.57. The zero-order valence-corrected chi connectivity index (χ0v) is 13.0. The molecule has 9 heteroatoms. The van der Waals surface area contributed by atoms with Gasteiger partial charge < -0.3 is 10.1 Å². The Morgan fingerprint density at radius 1 is 1.50 bits per heavy atom. The van der Waals surface area contributed by atoms with E-state index in [9.17, 15) is 13.6 Å². The number of hydrogen-bond donors (Lipinski definition) is 1. The van der Waals surface area contributed by atoms with E-state index in [1.54, 1.807) is 4.68 Å². The number of nitrogens with zero attached hydrogens (tertiary/aromatic N) is 4. The van der Waals surface area contributed by atoms with Crippen molar-refractivity contribution in [3.63, 3.8) is 0 Å². The summed E-state index contributed by atoms with van der Waals surface area (Å²) in [6.45, 7) is 2.98. The highest BCUT2D eigenvalue weighted by Crippen LogP contribution is 2.17. The molecular formula is C15H15F2N5O2. The quantitative estimate of drug-likeness (QED) is 0.876. The number of alkyl halides is 2. The summed E-state index contributed by atoms with van der Waals surface area (Å²) in [5, 5.41) is 15.7. The van der Waals surface area contributed by atoms with Crippen LogP contribution in [0.15, 0.2) is 24.5 Å². The number of pyridine rings is 1. The molecule has 0 saturated heterocycles. The molecule has 0 spiro atoms. The minimum atomic E-state index is -2.62. The van der Waals surface area contributed by atoms with Crippen LogP contribution in [0, 0.1) is 11.3 Å². The van der Waals surface area contributed by atoms with Crippen LogP contribution in [0.2, 0.25) is 0 Å². The molecule has 0 atom stereocenters. The van der Waals surface area contributed by atoms with Crippen LogP contribution in [0.4, 0.5) is 14.6 Å². The molecule has 0 saturated carbocycles. The van der Waals surface area contributed by atoms with Gasteiger partial charge in [0.05, 0.1) is 0 Å². The number of halogens is 2. The largest absolute Gasteiger partial charge is 0.488 e. The van der Waals surface area contributed by atoms with Gasteiger partial charge in [-0.1, -0.05) is 0 Å². The van der Waals surface area contributed by atoms with Gasteiger partial charge in [0.15, 0.2) is 5.82 Å². The number of nitriles is 1. The van der Waals surface area contributed by atoms with E-state index in [1.165, 1.54) is 24.5 Å². The summed E-state index contributed by atoms with van der Waals surface area (Å²) in [5.74, 6) is -0.413. The maximum absolute atomic E-state index is 12.2. The molecule has 126 valence electrons. The molecular weight excluding hydrogens is 320 g/mol. The van der Waals surface area contributed by atoms with Crippen molar-refractivity contribution in [1.82, 2.24) is 14.8 Å². The second-order valence-corrected chi connectivity index (χ2v) is 5.11. The van der Waals surface area contributed by atoms with E-state index < -0.39 is 18.9 Å². The molecule has 0 aliphatic heterocycles. The van der Waals surface area contributed by atoms with Gasteiger partial charge in [-0.05, 0) is 19.9 Å². The molecule has 0 aliphatic carbocycles. The standard InChI is InChI=1S/C15H15F2N5O2/c1-9(2)22-7-10(6-18)14(21-22)20-15(23)12-5-11(3-4-19-12)24-8-13(16)17/h3-5,7,9,13H,8H2,1-2H3,(H,20,21,23). The first-order chi connectivity index (χ1) is 11.4. The minimum Gasteiger partial charge on any atom is -0.488 e. The molecule has 0 aromatic carbocycles. The molecule has 2 rings (SSSR count). The fourth-order valence-electron chi connectivity index (χ4n) is 1.79. The maximum Gasteiger partial charge on any atom is 0.275 e. The normalized spacial score (nSPS) is 10.7. The van der Waals surface area contributed by atoms with Gasteiger partial charge in [0.2, 0.25) is 0 Å². The Morgan fingerprint density at radius 3 is 2.88 bits per heavy atom. The number of aromatic nitrogens is 3. The first-order valence-electron chi connectivity index (χ1n) is 7.08. The topological polar surface area (TPSA) is 92.8 Å². The predicted molar refractivity (Wildman–Crippen MR) is 81.0 cm³/mol. The highest BCUT2D eigenvalue weighted by molar-refractivity contribution is 6.03. The highest BCUT2D eigenvalue weighted by Gasteiger charge is 2.16. The monoisotopic (exact) mass is 335 g/mol. The molecule has 0 bridgehead atoms. The summed E-state index contributed by atoms with van der Waals surface area (Å²) >= 11 is 0. The van der Waals surface area contributed by atoms with Gasteiger partial charge in [-0.3, -0.25) is 14.5 Å². The smallest absolute Gasteiger partial charge is 0.275 e. The van der Waals surface area contributed by atoms with Crippen molar-refractivity contribution in [2.75, 3.05) is 11.9 Å². The number of rotatable bonds is 6. The summed E-state index contributed by atoms with van der Waals surface area (Å²) in [7, 11) is 0. The lowest BCUT2D eigenvalue weighted by Crippen LogP contribution is -2.15. The van der Waals surface area contributed by atoms with Crippen molar-refractivity contribution in [3.8, 4) is 11.8 Å². The Bertz CT molecular complexity index is 767. The number of hydrogen-bond acceptors (Lipinski definition) is 5. The number of ether oxygens (including phenoxy) is 1. The Hall–Kier alpha value is -3.02. The highest BCUT2D eigenvalue weighted by atomic mass is 19.3. The van der Waals surface area contributed by atoms with Crippen LogP contribution in [0.25, 0.3) is 0 Å². The summed E-state index contributed by atoms with van der Waals surface area (Å²) in [6.07, 6.45) is 0.178. The number of carbonyl (C=O) groups excluding carboxylic acids is 1. The first-order valence-corrected chi connectivity index (χ1v) is 7.08. The number of amides is 1. The number of anilines is 1. The lowest BCUT2D eigenvalue weighted by atomic mass is 10.3. The molecule has 1 amide bonds. The van der Waals surface area contributed by atoms with Crippen molar-refractivity contribution in [2.24, 2.45) is 0 Å². The second kappa shape index (κ2) is 7.50. The Morgan fingerprint density at radius 2 is 2.25 bits per heavy atom. The molecule has 0 unspecified atom stereocenters. The van der Waals surface area contributed by atoms with E-state index in [2.05, 4.69) is 15.4 Å². The van der Waals surface area contributed by atoms with E-state index in [0.29, 0.717) is 0 Å². The third kappa shape index (κ3) is 4.25. The van der Waals surface area contributed by atoms with Gasteiger partial charge in [-0.15, -0.1) is 0 Å². The van der Waals surface area contributed by atoms with Gasteiger partial charge in [0, 0.05) is 24.5 Å². The lowest BCUT2D eigenvalue weighted by Gasteiger charge is -2.07. The molecule has 2 aromatic rings. The zero-order valence-electron chi connectivity index (χ0n) is 13.0. The van der Waals surface area contributed by atoms with Crippen LogP contribution in [-0.2, 0) is 0 Å². The SMILES string of the molecule is CC(C)n1cc(C#N)c(NC(=O)c2cc(OCC(F)F)ccn2)n1. The van der Waals surface area contributed by atoms with Gasteiger partial charge >= 0.3 is 0 Å². The van der Waals surface area contributed by atoms with Crippen LogP contribution in [0.5, 0.6) is 5.75 Å². The first kappa shape index (κ1) is 17.3.